The molecule has 0 fully saturated rings. The standard InChI is InChI=1S/4C17H13NO4.2C4H8O2.2Rh/c4*19-15-12-8-4-5-9-13(12)16(20)18(15)14(17(21)22)10-11-6-2-1-3-7-11;2*1-3-6-4(2)5;;/h4*1-9,14H,10H2,(H,21,22);2*3H2,1-2H3;;/t4*14-;;;;/m0000..../s1. The van der Waals surface area contributed by atoms with E-state index in [1.165, 1.54) is 62.4 Å². The van der Waals surface area contributed by atoms with Gasteiger partial charge in [0.2, 0.25) is 0 Å². The summed E-state index contributed by atoms with van der Waals surface area (Å²) in [4.78, 5) is 168. The van der Waals surface area contributed by atoms with Crippen molar-refractivity contribution in [2.75, 3.05) is 13.2 Å². The second-order valence-electron chi connectivity index (χ2n) is 22.1. The molecule has 26 heteroatoms. The van der Waals surface area contributed by atoms with E-state index >= 15 is 0 Å². The molecular weight excluding hydrogens is 1490 g/mol. The number of benzene rings is 8. The normalized spacial score (nSPS) is 13.7. The van der Waals surface area contributed by atoms with Crippen molar-refractivity contribution in [1.82, 2.24) is 19.6 Å². The van der Waals surface area contributed by atoms with Gasteiger partial charge in [-0.15, -0.1) is 0 Å². The summed E-state index contributed by atoms with van der Waals surface area (Å²) in [6.07, 6.45) is 0.340. The summed E-state index contributed by atoms with van der Waals surface area (Å²) >= 11 is 0. The number of nitrogens with zero attached hydrogens (tertiary/aromatic N) is 4. The van der Waals surface area contributed by atoms with Gasteiger partial charge in [0.05, 0.1) is 57.7 Å². The summed E-state index contributed by atoms with van der Waals surface area (Å²) in [5.41, 5.74) is 5.07. The van der Waals surface area contributed by atoms with Crippen molar-refractivity contribution < 1.29 is 136 Å². The van der Waals surface area contributed by atoms with Crippen LogP contribution >= 0.6 is 0 Å². The Morgan fingerprint density at radius 2 is 0.412 bits per heavy atom. The first-order valence-electron chi connectivity index (χ1n) is 31.1. The maximum Gasteiger partial charge on any atom is 0.327 e. The molecule has 12 rings (SSSR count). The number of aliphatic carboxylic acids is 4. The third-order valence-corrected chi connectivity index (χ3v) is 15.5. The second kappa shape index (κ2) is 38.7. The first-order valence-corrected chi connectivity index (χ1v) is 31.1. The van der Waals surface area contributed by atoms with E-state index in [-0.39, 0.29) is 121 Å². The molecule has 8 aromatic carbocycles. The van der Waals surface area contributed by atoms with Crippen LogP contribution in [-0.4, -0.2) is 160 Å². The number of esters is 2. The molecule has 24 nitrogen and oxygen atoms in total. The number of carboxylic acids is 4. The van der Waals surface area contributed by atoms with Crippen LogP contribution in [-0.2, 0) is 103 Å². The van der Waals surface area contributed by atoms with E-state index < -0.39 is 95.3 Å². The number of imide groups is 4. The monoisotopic (exact) mass is 1560 g/mol. The number of hydrogen-bond acceptors (Lipinski definition) is 16. The fourth-order valence-corrected chi connectivity index (χ4v) is 10.9. The Bertz CT molecular complexity index is 3710. The minimum Gasteiger partial charge on any atom is -0.480 e. The Kier molecular flexibility index (Phi) is 30.7. The van der Waals surface area contributed by atoms with Crippen LogP contribution in [0.15, 0.2) is 218 Å². The molecular formula is C76H68N4O20Rh2. The van der Waals surface area contributed by atoms with Gasteiger partial charge in [0.15, 0.2) is 0 Å². The predicted molar refractivity (Wildman–Crippen MR) is 359 cm³/mol. The van der Waals surface area contributed by atoms with Crippen molar-refractivity contribution in [2.45, 2.75) is 77.5 Å². The van der Waals surface area contributed by atoms with Crippen LogP contribution in [0, 0.1) is 0 Å². The van der Waals surface area contributed by atoms with Gasteiger partial charge in [0.1, 0.15) is 24.2 Å². The second-order valence-corrected chi connectivity index (χ2v) is 22.1. The maximum atomic E-state index is 12.4. The van der Waals surface area contributed by atoms with Crippen LogP contribution in [0.2, 0.25) is 0 Å². The molecule has 4 aliphatic heterocycles. The molecule has 4 N–H and O–H groups in total. The number of hydrogen-bond donors (Lipinski definition) is 4. The summed E-state index contributed by atoms with van der Waals surface area (Å²) in [6, 6.07) is 56.4. The predicted octanol–water partition coefficient (Wildman–Crippen LogP) is 9.05. The Balaban J connectivity index is 0.000000230. The Labute approximate surface area is 611 Å². The van der Waals surface area contributed by atoms with Gasteiger partial charge in [-0.1, -0.05) is 170 Å². The average Bonchev–Trinajstić information content (AvgIpc) is 1.65. The topological polar surface area (TPSA) is 351 Å². The minimum absolute atomic E-state index is 0. The molecule has 0 aromatic heterocycles. The van der Waals surface area contributed by atoms with E-state index in [4.69, 9.17) is 0 Å². The molecule has 102 heavy (non-hydrogen) atoms. The van der Waals surface area contributed by atoms with Crippen LogP contribution in [0.25, 0.3) is 0 Å². The van der Waals surface area contributed by atoms with Crippen LogP contribution < -0.4 is 0 Å². The molecule has 2 radical (unpaired) electrons. The Hall–Kier alpha value is -11.6. The number of carboxylic acid groups (broad SMARTS) is 4. The zero-order valence-electron chi connectivity index (χ0n) is 55.1. The van der Waals surface area contributed by atoms with Crippen molar-refractivity contribution in [2.24, 2.45) is 0 Å². The molecule has 530 valence electrons. The van der Waals surface area contributed by atoms with E-state index in [0.29, 0.717) is 13.2 Å². The fourth-order valence-electron chi connectivity index (χ4n) is 10.9. The molecule has 8 amide bonds. The molecule has 8 aromatic rings. The van der Waals surface area contributed by atoms with E-state index in [9.17, 15) is 87.5 Å². The van der Waals surface area contributed by atoms with Crippen molar-refractivity contribution in [3.63, 3.8) is 0 Å². The van der Waals surface area contributed by atoms with Gasteiger partial charge in [-0.05, 0) is 84.6 Å². The molecule has 0 aliphatic carbocycles. The number of amides is 8. The molecule has 0 bridgehead atoms. The molecule has 0 unspecified atom stereocenters. The zero-order valence-corrected chi connectivity index (χ0v) is 58.4. The average molecular weight is 1560 g/mol. The summed E-state index contributed by atoms with van der Waals surface area (Å²) in [5, 5.41) is 37.9. The van der Waals surface area contributed by atoms with E-state index in [1.54, 1.807) is 159 Å². The minimum atomic E-state index is -1.21. The molecule has 0 spiro atoms. The molecule has 4 heterocycles. The van der Waals surface area contributed by atoms with Crippen LogP contribution in [0.1, 0.15) is 133 Å². The molecule has 0 saturated carbocycles. The summed E-state index contributed by atoms with van der Waals surface area (Å²) in [5.74, 6) is -9.62. The number of fused-ring (bicyclic) bond motifs is 4. The van der Waals surface area contributed by atoms with Gasteiger partial charge >= 0.3 is 35.8 Å². The Morgan fingerprint density at radius 3 is 0.520 bits per heavy atom. The SMILES string of the molecule is CCOC(C)=O.CCOC(C)=O.O=C(O)[C@H](Cc1ccccc1)N1C(=O)c2ccccc2C1=O.O=C(O)[C@H](Cc1ccccc1)N1C(=O)c2ccccc2C1=O.O=C(O)[C@H](Cc1ccccc1)N1C(=O)c2ccccc2C1=O.O=C(O)[C@H](Cc1ccccc1)N1C(=O)c2ccccc2C1=O.[Rh].[Rh]. The van der Waals surface area contributed by atoms with Crippen LogP contribution in [0.5, 0.6) is 0 Å². The third-order valence-electron chi connectivity index (χ3n) is 15.5. The summed E-state index contributed by atoms with van der Waals surface area (Å²) in [6.45, 7) is 7.31. The maximum absolute atomic E-state index is 12.4. The summed E-state index contributed by atoms with van der Waals surface area (Å²) in [7, 11) is 0. The van der Waals surface area contributed by atoms with Crippen LogP contribution in [0.3, 0.4) is 0 Å². The van der Waals surface area contributed by atoms with Crippen molar-refractivity contribution in [3.8, 4) is 0 Å². The van der Waals surface area contributed by atoms with Crippen molar-refractivity contribution in [1.29, 1.82) is 0 Å². The fraction of sp³-hybridized carbons (Fsp3) is 0.184. The first kappa shape index (κ1) is 81.1. The van der Waals surface area contributed by atoms with Gasteiger partial charge in [0, 0.05) is 78.5 Å². The van der Waals surface area contributed by atoms with Gasteiger partial charge in [-0.25, -0.2) is 19.2 Å². The van der Waals surface area contributed by atoms with Gasteiger partial charge in [0.25, 0.3) is 47.3 Å². The molecule has 4 atom stereocenters. The Morgan fingerprint density at radius 1 is 0.275 bits per heavy atom. The smallest absolute Gasteiger partial charge is 0.327 e. The van der Waals surface area contributed by atoms with E-state index in [1.807, 2.05) is 24.3 Å². The van der Waals surface area contributed by atoms with Crippen LogP contribution in [0.4, 0.5) is 0 Å². The quantitative estimate of drug-likeness (QED) is 0.0353. The van der Waals surface area contributed by atoms with Crippen molar-refractivity contribution >= 4 is 83.1 Å². The number of carbonyl (C=O) groups is 14. The number of ether oxygens (including phenoxy) is 2. The van der Waals surface area contributed by atoms with E-state index in [2.05, 4.69) is 9.47 Å². The largest absolute Gasteiger partial charge is 0.480 e. The van der Waals surface area contributed by atoms with Gasteiger partial charge in [-0.2, -0.15) is 0 Å². The first-order chi connectivity index (χ1) is 47.9. The van der Waals surface area contributed by atoms with E-state index in [0.717, 1.165) is 41.9 Å². The third kappa shape index (κ3) is 20.3. The van der Waals surface area contributed by atoms with Gasteiger partial charge in [-0.3, -0.25) is 67.5 Å². The van der Waals surface area contributed by atoms with Crippen molar-refractivity contribution in [3.05, 3.63) is 285 Å². The molecule has 0 saturated heterocycles. The number of rotatable bonds is 18. The zero-order chi connectivity index (χ0) is 72.7. The molecule has 4 aliphatic rings. The summed E-state index contributed by atoms with van der Waals surface area (Å²) < 4.78 is 8.81. The van der Waals surface area contributed by atoms with Gasteiger partial charge < -0.3 is 29.9 Å². The number of carbonyl (C=O) groups excluding carboxylic acids is 10.